The Morgan fingerprint density at radius 3 is 2.63 bits per heavy atom. The second kappa shape index (κ2) is 7.53. The Labute approximate surface area is 165 Å². The first-order valence-corrected chi connectivity index (χ1v) is 9.39. The molecule has 0 saturated heterocycles. The minimum atomic E-state index is -0.736. The predicted octanol–water partition coefficient (Wildman–Crippen LogP) is 1.45. The fourth-order valence-electron chi connectivity index (χ4n) is 2.33. The van der Waals surface area contributed by atoms with E-state index in [4.69, 9.17) is 10.2 Å². The number of carbonyl (C=O) groups is 1. The molecule has 0 atom stereocenters. The zero-order valence-corrected chi connectivity index (χ0v) is 16.7. The average molecular weight is 452 g/mol. The van der Waals surface area contributed by atoms with Gasteiger partial charge >= 0.3 is 5.69 Å². The van der Waals surface area contributed by atoms with Gasteiger partial charge in [0, 0.05) is 18.6 Å². The number of hydrogen-bond donors (Lipinski definition) is 1. The molecule has 0 unspecified atom stereocenters. The van der Waals surface area contributed by atoms with Crippen molar-refractivity contribution in [3.63, 3.8) is 0 Å². The molecular weight excluding hydrogens is 438 g/mol. The number of nitrogens with zero attached hydrogens (tertiary/aromatic N) is 4. The van der Waals surface area contributed by atoms with Crippen LogP contribution < -0.4 is 17.0 Å². The number of thioether (sulfide) groups is 1. The number of halogens is 1. The molecule has 9 nitrogen and oxygen atoms in total. The molecule has 2 aromatic heterocycles. The van der Waals surface area contributed by atoms with Gasteiger partial charge in [-0.3, -0.25) is 18.7 Å². The molecule has 0 amide bonds. The van der Waals surface area contributed by atoms with Gasteiger partial charge in [-0.25, -0.2) is 4.79 Å². The quantitative estimate of drug-likeness (QED) is 0.456. The molecule has 0 saturated carbocycles. The number of carbonyl (C=O) groups excluding carboxylic acids is 1. The molecule has 3 aromatic rings. The molecule has 27 heavy (non-hydrogen) atoms. The summed E-state index contributed by atoms with van der Waals surface area (Å²) in [4.78, 5) is 36.5. The summed E-state index contributed by atoms with van der Waals surface area (Å²) in [5, 5.41) is 8.03. The molecule has 0 radical (unpaired) electrons. The Morgan fingerprint density at radius 2 is 1.93 bits per heavy atom. The molecule has 0 aliphatic heterocycles. The first-order valence-electron chi connectivity index (χ1n) is 7.61. The minimum Gasteiger partial charge on any atom is -0.411 e. The molecule has 0 bridgehead atoms. The molecule has 1 aromatic carbocycles. The Kier molecular flexibility index (Phi) is 5.33. The highest BCUT2D eigenvalue weighted by molar-refractivity contribution is 9.10. The van der Waals surface area contributed by atoms with Gasteiger partial charge < -0.3 is 10.2 Å². The zero-order valence-electron chi connectivity index (χ0n) is 14.3. The Balaban J connectivity index is 1.81. The third-order valence-corrected chi connectivity index (χ3v) is 5.34. The maximum atomic E-state index is 12.5. The van der Waals surface area contributed by atoms with Gasteiger partial charge in [0.25, 0.3) is 10.8 Å². The smallest absolute Gasteiger partial charge is 0.332 e. The van der Waals surface area contributed by atoms with Crippen molar-refractivity contribution in [2.45, 2.75) is 5.22 Å². The highest BCUT2D eigenvalue weighted by atomic mass is 79.9. The summed E-state index contributed by atoms with van der Waals surface area (Å²) in [6.45, 7) is 0. The molecule has 0 fully saturated rings. The number of anilines is 1. The van der Waals surface area contributed by atoms with Crippen LogP contribution in [0.3, 0.4) is 0 Å². The van der Waals surface area contributed by atoms with Crippen molar-refractivity contribution in [1.82, 2.24) is 19.3 Å². The van der Waals surface area contributed by atoms with Gasteiger partial charge in [-0.2, -0.15) is 0 Å². The summed E-state index contributed by atoms with van der Waals surface area (Å²) in [6.07, 6.45) is 0. The topological polar surface area (TPSA) is 126 Å². The van der Waals surface area contributed by atoms with E-state index < -0.39 is 17.0 Å². The lowest BCUT2D eigenvalue weighted by Gasteiger charge is -2.10. The van der Waals surface area contributed by atoms with Gasteiger partial charge in [-0.15, -0.1) is 10.2 Å². The van der Waals surface area contributed by atoms with Crippen molar-refractivity contribution in [3.05, 3.63) is 55.1 Å². The summed E-state index contributed by atoms with van der Waals surface area (Å²) in [6, 6.07) is 7.34. The van der Waals surface area contributed by atoms with Crippen LogP contribution in [0.5, 0.6) is 0 Å². The molecule has 2 N–H and O–H groups in total. The number of nitrogens with two attached hydrogens (primary N) is 1. The van der Waals surface area contributed by atoms with Gasteiger partial charge in [0.15, 0.2) is 5.78 Å². The van der Waals surface area contributed by atoms with E-state index in [1.807, 2.05) is 24.3 Å². The van der Waals surface area contributed by atoms with Crippen molar-refractivity contribution in [2.75, 3.05) is 11.5 Å². The van der Waals surface area contributed by atoms with E-state index in [0.717, 1.165) is 30.9 Å². The fourth-order valence-corrected chi connectivity index (χ4v) is 3.42. The highest BCUT2D eigenvalue weighted by Gasteiger charge is 2.21. The molecular formula is C16H14BrN5O4S. The highest BCUT2D eigenvalue weighted by Crippen LogP contribution is 2.29. The number of ketones is 1. The van der Waals surface area contributed by atoms with Crippen molar-refractivity contribution < 1.29 is 9.21 Å². The number of aromatic nitrogens is 4. The summed E-state index contributed by atoms with van der Waals surface area (Å²) in [5.74, 6) is -0.549. The number of nitrogen functional groups attached to an aromatic ring is 1. The summed E-state index contributed by atoms with van der Waals surface area (Å²) in [7, 11) is 2.68. The van der Waals surface area contributed by atoms with Crippen LogP contribution in [0.2, 0.25) is 0 Å². The number of Topliss-reactive ketones (excluding diaryl/α,β-unsaturated/α-hetero) is 1. The van der Waals surface area contributed by atoms with E-state index in [1.165, 1.54) is 14.1 Å². The Bertz CT molecular complexity index is 1150. The van der Waals surface area contributed by atoms with Crippen molar-refractivity contribution in [1.29, 1.82) is 0 Å². The standard InChI is InChI=1S/C16H14BrN5O4S/c1-21-12(18)11(14(24)22(2)16(21)25)10(23)7-27-15-20-19-13(26-15)8-5-3-4-6-9(8)17/h3-6H,7,18H2,1-2H3. The first kappa shape index (κ1) is 19.1. The van der Waals surface area contributed by atoms with Crippen LogP contribution in [-0.4, -0.2) is 30.9 Å². The Morgan fingerprint density at radius 1 is 1.22 bits per heavy atom. The third-order valence-electron chi connectivity index (χ3n) is 3.83. The minimum absolute atomic E-state index is 0.144. The maximum Gasteiger partial charge on any atom is 0.332 e. The van der Waals surface area contributed by atoms with Gasteiger partial charge in [-0.1, -0.05) is 23.9 Å². The number of benzene rings is 1. The van der Waals surface area contributed by atoms with Crippen LogP contribution in [0.4, 0.5) is 5.82 Å². The van der Waals surface area contributed by atoms with E-state index in [-0.39, 0.29) is 22.4 Å². The average Bonchev–Trinajstić information content (AvgIpc) is 3.12. The molecule has 11 heteroatoms. The molecule has 2 heterocycles. The maximum absolute atomic E-state index is 12.5. The SMILES string of the molecule is Cn1c(N)c(C(=O)CSc2nnc(-c3ccccc3Br)o2)c(=O)n(C)c1=O. The fraction of sp³-hybridized carbons (Fsp3) is 0.188. The lowest BCUT2D eigenvalue weighted by atomic mass is 10.2. The van der Waals surface area contributed by atoms with Gasteiger partial charge in [-0.05, 0) is 28.1 Å². The molecule has 3 rings (SSSR count). The van der Waals surface area contributed by atoms with Gasteiger partial charge in [0.1, 0.15) is 11.4 Å². The molecule has 0 aliphatic rings. The second-order valence-electron chi connectivity index (χ2n) is 5.53. The van der Waals surface area contributed by atoms with Crippen molar-refractivity contribution in [2.24, 2.45) is 14.1 Å². The molecule has 0 aliphatic carbocycles. The van der Waals surface area contributed by atoms with Crippen LogP contribution in [0.15, 0.2) is 48.0 Å². The predicted molar refractivity (Wildman–Crippen MR) is 104 cm³/mol. The van der Waals surface area contributed by atoms with Crippen LogP contribution in [0, 0.1) is 0 Å². The van der Waals surface area contributed by atoms with Crippen LogP contribution in [0.1, 0.15) is 10.4 Å². The lowest BCUT2D eigenvalue weighted by molar-refractivity contribution is 0.102. The van der Waals surface area contributed by atoms with Gasteiger partial charge in [0.2, 0.25) is 5.89 Å². The monoisotopic (exact) mass is 451 g/mol. The Hall–Kier alpha value is -2.66. The molecule has 140 valence electrons. The largest absolute Gasteiger partial charge is 0.411 e. The van der Waals surface area contributed by atoms with Crippen molar-refractivity contribution >= 4 is 39.3 Å². The van der Waals surface area contributed by atoms with Crippen LogP contribution in [-0.2, 0) is 14.1 Å². The van der Waals surface area contributed by atoms with E-state index in [1.54, 1.807) is 0 Å². The van der Waals surface area contributed by atoms with Crippen LogP contribution >= 0.6 is 27.7 Å². The van der Waals surface area contributed by atoms with E-state index in [0.29, 0.717) is 5.89 Å². The van der Waals surface area contributed by atoms with E-state index in [2.05, 4.69) is 26.1 Å². The normalized spacial score (nSPS) is 10.9. The summed E-state index contributed by atoms with van der Waals surface area (Å²) in [5.41, 5.74) is 4.93. The first-order chi connectivity index (χ1) is 12.8. The van der Waals surface area contributed by atoms with Crippen LogP contribution in [0.25, 0.3) is 11.5 Å². The van der Waals surface area contributed by atoms with E-state index in [9.17, 15) is 14.4 Å². The zero-order chi connectivity index (χ0) is 19.7. The number of hydrogen-bond acceptors (Lipinski definition) is 8. The lowest BCUT2D eigenvalue weighted by Crippen LogP contribution is -2.41. The third kappa shape index (κ3) is 3.60. The molecule has 0 spiro atoms. The van der Waals surface area contributed by atoms with Gasteiger partial charge in [0.05, 0.1) is 11.3 Å². The number of rotatable bonds is 5. The summed E-state index contributed by atoms with van der Waals surface area (Å²) < 4.78 is 8.24. The second-order valence-corrected chi connectivity index (χ2v) is 7.31. The van der Waals surface area contributed by atoms with E-state index >= 15 is 0 Å². The van der Waals surface area contributed by atoms with Crippen molar-refractivity contribution in [3.8, 4) is 11.5 Å². The summed E-state index contributed by atoms with van der Waals surface area (Å²) >= 11 is 4.38.